The maximum atomic E-state index is 12.6. The van der Waals surface area contributed by atoms with E-state index in [0.717, 1.165) is 11.3 Å². The third kappa shape index (κ3) is 3.13. The van der Waals surface area contributed by atoms with Crippen LogP contribution >= 0.6 is 0 Å². The summed E-state index contributed by atoms with van der Waals surface area (Å²) in [5, 5.41) is 4.65. The summed E-state index contributed by atoms with van der Waals surface area (Å²) < 4.78 is 11.8. The Morgan fingerprint density at radius 1 is 1.28 bits per heavy atom. The predicted molar refractivity (Wildman–Crippen MR) is 93.1 cm³/mol. The predicted octanol–water partition coefficient (Wildman–Crippen LogP) is 2.27. The van der Waals surface area contributed by atoms with Crippen molar-refractivity contribution in [1.29, 1.82) is 0 Å². The highest BCUT2D eigenvalue weighted by atomic mass is 16.5. The largest absolute Gasteiger partial charge is 0.497 e. The first kappa shape index (κ1) is 16.8. The Balaban J connectivity index is 2.01. The maximum Gasteiger partial charge on any atom is 0.343 e. The molecule has 0 atom stereocenters. The molecule has 0 fully saturated rings. The molecule has 1 N–H and O–H groups in total. The molecule has 0 radical (unpaired) electrons. The highest BCUT2D eigenvalue weighted by molar-refractivity contribution is 5.94. The maximum absolute atomic E-state index is 12.6. The number of aromatic nitrogens is 3. The number of hydrogen-bond acceptors (Lipinski definition) is 5. The second-order valence-electron chi connectivity index (χ2n) is 5.59. The fourth-order valence-electron chi connectivity index (χ4n) is 2.70. The molecule has 0 aliphatic carbocycles. The normalized spacial score (nSPS) is 10.8. The van der Waals surface area contributed by atoms with Crippen LogP contribution in [0.15, 0.2) is 35.3 Å². The van der Waals surface area contributed by atoms with Gasteiger partial charge in [0.2, 0.25) is 5.43 Å². The Morgan fingerprint density at radius 3 is 2.64 bits per heavy atom. The third-order valence-electron chi connectivity index (χ3n) is 3.96. The summed E-state index contributed by atoms with van der Waals surface area (Å²) in [4.78, 5) is 27.7. The summed E-state index contributed by atoms with van der Waals surface area (Å²) >= 11 is 0. The molecule has 7 nitrogen and oxygen atoms in total. The Bertz CT molecular complexity index is 970. The number of nitrogens with zero attached hydrogens (tertiary/aromatic N) is 2. The van der Waals surface area contributed by atoms with Crippen LogP contribution in [0.4, 0.5) is 0 Å². The van der Waals surface area contributed by atoms with E-state index >= 15 is 0 Å². The lowest BCUT2D eigenvalue weighted by atomic mass is 10.1. The second-order valence-corrected chi connectivity index (χ2v) is 5.59. The van der Waals surface area contributed by atoms with E-state index in [4.69, 9.17) is 9.47 Å². The van der Waals surface area contributed by atoms with Crippen LogP contribution in [0.2, 0.25) is 0 Å². The number of pyridine rings is 1. The van der Waals surface area contributed by atoms with E-state index in [1.807, 2.05) is 24.3 Å². The second kappa shape index (κ2) is 6.80. The number of hydrogen-bond donors (Lipinski definition) is 1. The van der Waals surface area contributed by atoms with Crippen molar-refractivity contribution in [2.75, 3.05) is 13.7 Å². The number of carbonyl (C=O) groups excluding carboxylic acids is 1. The van der Waals surface area contributed by atoms with Crippen LogP contribution in [0.25, 0.3) is 11.0 Å². The molecule has 0 aliphatic heterocycles. The molecule has 0 saturated carbocycles. The lowest BCUT2D eigenvalue weighted by Gasteiger charge is -2.08. The van der Waals surface area contributed by atoms with Gasteiger partial charge in [0.05, 0.1) is 31.8 Å². The van der Waals surface area contributed by atoms with Crippen molar-refractivity contribution >= 4 is 17.0 Å². The lowest BCUT2D eigenvalue weighted by molar-refractivity contribution is 0.0523. The SMILES string of the molecule is CCOC(=O)c1c(C)[nH]c2c(cnn2Cc2ccc(OC)cc2)c1=O. The Morgan fingerprint density at radius 2 is 2.00 bits per heavy atom. The minimum absolute atomic E-state index is 0.0262. The number of esters is 1. The lowest BCUT2D eigenvalue weighted by Crippen LogP contribution is -2.20. The molecular weight excluding hydrogens is 322 g/mol. The topological polar surface area (TPSA) is 86.2 Å². The first-order valence-corrected chi connectivity index (χ1v) is 7.93. The van der Waals surface area contributed by atoms with Crippen molar-refractivity contribution in [1.82, 2.24) is 14.8 Å². The molecule has 0 spiro atoms. The van der Waals surface area contributed by atoms with E-state index in [-0.39, 0.29) is 17.6 Å². The van der Waals surface area contributed by atoms with Crippen molar-refractivity contribution in [2.45, 2.75) is 20.4 Å². The summed E-state index contributed by atoms with van der Waals surface area (Å²) in [6, 6.07) is 7.61. The molecule has 0 bridgehead atoms. The van der Waals surface area contributed by atoms with Gasteiger partial charge in [-0.1, -0.05) is 12.1 Å². The van der Waals surface area contributed by atoms with Crippen LogP contribution < -0.4 is 10.2 Å². The van der Waals surface area contributed by atoms with Crippen molar-refractivity contribution in [3.05, 3.63) is 57.5 Å². The summed E-state index contributed by atoms with van der Waals surface area (Å²) in [6.45, 7) is 4.08. The smallest absolute Gasteiger partial charge is 0.343 e. The minimum atomic E-state index is -0.619. The zero-order chi connectivity index (χ0) is 18.0. The zero-order valence-electron chi connectivity index (χ0n) is 14.3. The van der Waals surface area contributed by atoms with E-state index < -0.39 is 5.97 Å². The van der Waals surface area contributed by atoms with Crippen molar-refractivity contribution < 1.29 is 14.3 Å². The van der Waals surface area contributed by atoms with E-state index in [2.05, 4.69) is 10.1 Å². The molecule has 2 heterocycles. The Labute approximate surface area is 144 Å². The van der Waals surface area contributed by atoms with Gasteiger partial charge in [-0.15, -0.1) is 0 Å². The highest BCUT2D eigenvalue weighted by Gasteiger charge is 2.20. The van der Waals surface area contributed by atoms with Gasteiger partial charge in [0.15, 0.2) is 0 Å². The number of H-pyrrole nitrogens is 1. The number of benzene rings is 1. The summed E-state index contributed by atoms with van der Waals surface area (Å²) in [6.07, 6.45) is 1.47. The molecule has 3 aromatic rings. The molecule has 1 aromatic carbocycles. The van der Waals surface area contributed by atoms with Gasteiger partial charge in [-0.3, -0.25) is 4.79 Å². The third-order valence-corrected chi connectivity index (χ3v) is 3.96. The number of methoxy groups -OCH3 is 1. The van der Waals surface area contributed by atoms with Gasteiger partial charge in [0, 0.05) is 5.69 Å². The van der Waals surface area contributed by atoms with Gasteiger partial charge in [-0.25, -0.2) is 9.48 Å². The number of rotatable bonds is 5. The number of ether oxygens (including phenoxy) is 2. The van der Waals surface area contributed by atoms with E-state index in [0.29, 0.717) is 23.3 Å². The van der Waals surface area contributed by atoms with E-state index in [9.17, 15) is 9.59 Å². The summed E-state index contributed by atoms with van der Waals surface area (Å²) in [5.74, 6) is 0.156. The van der Waals surface area contributed by atoms with Crippen molar-refractivity contribution in [3.63, 3.8) is 0 Å². The van der Waals surface area contributed by atoms with Gasteiger partial charge >= 0.3 is 5.97 Å². The average molecular weight is 341 g/mol. The van der Waals surface area contributed by atoms with Crippen molar-refractivity contribution in [3.8, 4) is 5.75 Å². The monoisotopic (exact) mass is 341 g/mol. The Kier molecular flexibility index (Phi) is 4.56. The minimum Gasteiger partial charge on any atom is -0.497 e. The van der Waals surface area contributed by atoms with Crippen molar-refractivity contribution in [2.24, 2.45) is 0 Å². The first-order chi connectivity index (χ1) is 12.0. The molecule has 25 heavy (non-hydrogen) atoms. The molecule has 7 heteroatoms. The molecule has 0 aliphatic rings. The highest BCUT2D eigenvalue weighted by Crippen LogP contribution is 2.16. The van der Waals surface area contributed by atoms with E-state index in [1.54, 1.807) is 25.6 Å². The fourth-order valence-corrected chi connectivity index (χ4v) is 2.70. The van der Waals surface area contributed by atoms with Crippen LogP contribution in [0.5, 0.6) is 5.75 Å². The van der Waals surface area contributed by atoms with E-state index in [1.165, 1.54) is 6.20 Å². The number of carbonyl (C=O) groups is 1. The van der Waals surface area contributed by atoms with Crippen LogP contribution in [-0.4, -0.2) is 34.5 Å². The van der Waals surface area contributed by atoms with Gasteiger partial charge in [0.1, 0.15) is 17.0 Å². The summed E-state index contributed by atoms with van der Waals surface area (Å²) in [5.41, 5.74) is 1.71. The number of aryl methyl sites for hydroxylation is 1. The number of fused-ring (bicyclic) bond motifs is 1. The summed E-state index contributed by atoms with van der Waals surface area (Å²) in [7, 11) is 1.62. The standard InChI is InChI=1S/C18H19N3O4/c1-4-25-18(23)15-11(2)20-17-14(16(15)22)9-19-21(17)10-12-5-7-13(24-3)8-6-12/h5-9H,4,10H2,1-3H3,(H,20,22). The quantitative estimate of drug-likeness (QED) is 0.720. The number of nitrogens with one attached hydrogen (secondary N) is 1. The van der Waals surface area contributed by atoms with Gasteiger partial charge in [-0.2, -0.15) is 5.10 Å². The number of aromatic amines is 1. The van der Waals surface area contributed by atoms with Crippen LogP contribution in [0, 0.1) is 6.92 Å². The Hall–Kier alpha value is -3.09. The molecule has 0 saturated heterocycles. The molecule has 3 rings (SSSR count). The first-order valence-electron chi connectivity index (χ1n) is 7.93. The van der Waals surface area contributed by atoms with Crippen LogP contribution in [0.3, 0.4) is 0 Å². The van der Waals surface area contributed by atoms with Gasteiger partial charge in [-0.05, 0) is 31.5 Å². The molecule has 0 unspecified atom stereocenters. The molecule has 0 amide bonds. The van der Waals surface area contributed by atoms with Crippen LogP contribution in [-0.2, 0) is 11.3 Å². The molecule has 130 valence electrons. The molecule has 2 aromatic heterocycles. The fraction of sp³-hybridized carbons (Fsp3) is 0.278. The molecular formula is C18H19N3O4. The van der Waals surface area contributed by atoms with Gasteiger partial charge in [0.25, 0.3) is 0 Å². The average Bonchev–Trinajstić information content (AvgIpc) is 2.99. The van der Waals surface area contributed by atoms with Gasteiger partial charge < -0.3 is 14.5 Å². The zero-order valence-corrected chi connectivity index (χ0v) is 14.3. The van der Waals surface area contributed by atoms with Crippen LogP contribution in [0.1, 0.15) is 28.5 Å².